The van der Waals surface area contributed by atoms with E-state index in [1.54, 1.807) is 0 Å². The number of nitrogens with zero attached hydrogens (tertiary/aromatic N) is 3. The molecule has 4 heteroatoms. The van der Waals surface area contributed by atoms with E-state index < -0.39 is 0 Å². The van der Waals surface area contributed by atoms with E-state index in [0.717, 1.165) is 27.7 Å². The maximum Gasteiger partial charge on any atom is 0.235 e. The lowest BCUT2D eigenvalue weighted by atomic mass is 9.81. The van der Waals surface area contributed by atoms with Crippen LogP contribution in [-0.2, 0) is 5.41 Å². The van der Waals surface area contributed by atoms with Gasteiger partial charge in [0, 0.05) is 32.0 Å². The van der Waals surface area contributed by atoms with E-state index in [4.69, 9.17) is 9.97 Å². The highest BCUT2D eigenvalue weighted by Gasteiger charge is 2.39. The Morgan fingerprint density at radius 3 is 2.18 bits per heavy atom. The van der Waals surface area contributed by atoms with Gasteiger partial charge in [0.15, 0.2) is 0 Å². The highest BCUT2D eigenvalue weighted by atomic mass is 32.1. The molecule has 1 aliphatic carbocycles. The summed E-state index contributed by atoms with van der Waals surface area (Å²) in [6.07, 6.45) is 0. The molecule has 0 spiro atoms. The Hall–Kier alpha value is -6.10. The van der Waals surface area contributed by atoms with Crippen molar-refractivity contribution in [2.75, 3.05) is 0 Å². The summed E-state index contributed by atoms with van der Waals surface area (Å²) in [5, 5.41) is 7.26. The Morgan fingerprint density at radius 2 is 1.27 bits per heavy atom. The van der Waals surface area contributed by atoms with Crippen molar-refractivity contribution in [3.8, 4) is 38.8 Å². The lowest BCUT2D eigenvalue weighted by molar-refractivity contribution is 0.667. The maximum absolute atomic E-state index is 5.42. The van der Waals surface area contributed by atoms with E-state index in [1.165, 1.54) is 69.8 Å². The van der Waals surface area contributed by atoms with Crippen LogP contribution >= 0.6 is 11.3 Å². The van der Waals surface area contributed by atoms with Crippen LogP contribution in [0.5, 0.6) is 0 Å². The Morgan fingerprint density at radius 1 is 0.549 bits per heavy atom. The number of hydrogen-bond donors (Lipinski definition) is 0. The Bertz CT molecular complexity index is 3060. The summed E-state index contributed by atoms with van der Waals surface area (Å²) < 4.78 is 3.61. The average Bonchev–Trinajstić information content (AvgIpc) is 3.81. The first kappa shape index (κ1) is 28.7. The molecule has 0 radical (unpaired) electrons. The van der Waals surface area contributed by atoms with E-state index >= 15 is 0 Å². The van der Waals surface area contributed by atoms with Gasteiger partial charge in [0.05, 0.1) is 26.9 Å². The monoisotopic (exact) mass is 669 g/mol. The quantitative estimate of drug-likeness (QED) is 0.187. The third-order valence-corrected chi connectivity index (χ3v) is 12.2. The average molecular weight is 670 g/mol. The van der Waals surface area contributed by atoms with E-state index in [0.29, 0.717) is 5.95 Å². The van der Waals surface area contributed by atoms with Gasteiger partial charge < -0.3 is 0 Å². The van der Waals surface area contributed by atoms with Gasteiger partial charge >= 0.3 is 0 Å². The predicted octanol–water partition coefficient (Wildman–Crippen LogP) is 12.7. The summed E-state index contributed by atoms with van der Waals surface area (Å²) in [5.41, 5.74) is 11.7. The molecular weight excluding hydrogens is 639 g/mol. The molecule has 3 nitrogen and oxygen atoms in total. The van der Waals surface area contributed by atoms with Crippen LogP contribution in [-0.4, -0.2) is 14.5 Å². The molecule has 7 aromatic carbocycles. The van der Waals surface area contributed by atoms with Gasteiger partial charge in [0.1, 0.15) is 0 Å². The molecule has 3 heterocycles. The zero-order valence-corrected chi connectivity index (χ0v) is 29.0. The number of benzene rings is 7. The zero-order valence-electron chi connectivity index (χ0n) is 28.2. The largest absolute Gasteiger partial charge is 0.276 e. The fourth-order valence-electron chi connectivity index (χ4n) is 8.56. The first-order chi connectivity index (χ1) is 25.0. The molecule has 1 aliphatic rings. The summed E-state index contributed by atoms with van der Waals surface area (Å²) in [6, 6.07) is 54.7. The van der Waals surface area contributed by atoms with Gasteiger partial charge in [-0.15, -0.1) is 11.3 Å². The first-order valence-electron chi connectivity index (χ1n) is 17.5. The normalized spacial score (nSPS) is 13.5. The number of aromatic nitrogens is 3. The van der Waals surface area contributed by atoms with Crippen LogP contribution in [0.15, 0.2) is 152 Å². The summed E-state index contributed by atoms with van der Waals surface area (Å²) in [4.78, 5) is 12.1. The van der Waals surface area contributed by atoms with Crippen molar-refractivity contribution in [3.05, 3.63) is 163 Å². The highest BCUT2D eigenvalue weighted by Crippen LogP contribution is 2.56. The Kier molecular flexibility index (Phi) is 5.89. The van der Waals surface area contributed by atoms with Gasteiger partial charge in [-0.3, -0.25) is 4.57 Å². The number of para-hydroxylation sites is 1. The molecule has 51 heavy (non-hydrogen) atoms. The lowest BCUT2D eigenvalue weighted by Gasteiger charge is -2.21. The van der Waals surface area contributed by atoms with Crippen LogP contribution in [0.25, 0.3) is 92.3 Å². The topological polar surface area (TPSA) is 30.7 Å². The summed E-state index contributed by atoms with van der Waals surface area (Å²) >= 11 is 1.91. The van der Waals surface area contributed by atoms with Crippen LogP contribution in [0, 0.1) is 0 Å². The molecule has 0 fully saturated rings. The first-order valence-corrected chi connectivity index (χ1v) is 18.3. The second-order valence-electron chi connectivity index (χ2n) is 14.2. The van der Waals surface area contributed by atoms with Gasteiger partial charge in [0.2, 0.25) is 5.95 Å². The number of rotatable bonds is 3. The molecular formula is C47H31N3S. The minimum absolute atomic E-state index is 0.0993. The van der Waals surface area contributed by atoms with Crippen molar-refractivity contribution in [2.24, 2.45) is 0 Å². The molecule has 0 saturated heterocycles. The van der Waals surface area contributed by atoms with Crippen molar-refractivity contribution in [1.29, 1.82) is 0 Å². The molecule has 3 aromatic heterocycles. The van der Waals surface area contributed by atoms with E-state index in [2.05, 4.69) is 170 Å². The maximum atomic E-state index is 5.42. The predicted molar refractivity (Wildman–Crippen MR) is 215 cm³/mol. The molecule has 0 atom stereocenters. The molecule has 11 rings (SSSR count). The fourth-order valence-corrected chi connectivity index (χ4v) is 10.1. The van der Waals surface area contributed by atoms with Crippen LogP contribution in [0.4, 0.5) is 0 Å². The molecule has 0 bridgehead atoms. The third kappa shape index (κ3) is 4.05. The second kappa shape index (κ2) is 10.5. The molecule has 0 N–H and O–H groups in total. The van der Waals surface area contributed by atoms with Gasteiger partial charge in [-0.1, -0.05) is 141 Å². The van der Waals surface area contributed by atoms with E-state index in [-0.39, 0.29) is 5.41 Å². The van der Waals surface area contributed by atoms with Crippen LogP contribution < -0.4 is 0 Å². The van der Waals surface area contributed by atoms with Gasteiger partial charge in [-0.05, 0) is 68.2 Å². The Balaban J connectivity index is 1.26. The van der Waals surface area contributed by atoms with Gasteiger partial charge in [0.25, 0.3) is 0 Å². The third-order valence-electron chi connectivity index (χ3n) is 11.0. The summed E-state index contributed by atoms with van der Waals surface area (Å²) in [6.45, 7) is 4.75. The molecule has 0 unspecified atom stereocenters. The lowest BCUT2D eigenvalue weighted by Crippen LogP contribution is -2.14. The molecule has 0 amide bonds. The van der Waals surface area contributed by atoms with Crippen LogP contribution in [0.2, 0.25) is 0 Å². The molecule has 0 saturated carbocycles. The minimum Gasteiger partial charge on any atom is -0.276 e. The van der Waals surface area contributed by atoms with Crippen molar-refractivity contribution in [1.82, 2.24) is 14.5 Å². The molecule has 240 valence electrons. The SMILES string of the molecule is CC1(C)c2ccccc2-c2sc3c(ccc4c5cc(-c6ccc7ccccc7c6)ccc5n(-c5nc(-c6ccccc6)c6ccccc6n5)c43)c21. The number of hydrogen-bond acceptors (Lipinski definition) is 3. The molecule has 10 aromatic rings. The minimum atomic E-state index is -0.0993. The van der Waals surface area contributed by atoms with Crippen LogP contribution in [0.3, 0.4) is 0 Å². The summed E-state index contributed by atoms with van der Waals surface area (Å²) in [7, 11) is 0. The van der Waals surface area contributed by atoms with Gasteiger partial charge in [-0.25, -0.2) is 9.97 Å². The number of fused-ring (bicyclic) bond motifs is 11. The zero-order chi connectivity index (χ0) is 33.8. The van der Waals surface area contributed by atoms with Crippen molar-refractivity contribution in [3.63, 3.8) is 0 Å². The Labute approximate surface area is 299 Å². The molecule has 0 aliphatic heterocycles. The van der Waals surface area contributed by atoms with E-state index in [1.807, 2.05) is 11.3 Å². The second-order valence-corrected chi connectivity index (χ2v) is 15.2. The van der Waals surface area contributed by atoms with Crippen LogP contribution in [0.1, 0.15) is 25.0 Å². The van der Waals surface area contributed by atoms with Crippen molar-refractivity contribution in [2.45, 2.75) is 19.3 Å². The van der Waals surface area contributed by atoms with Crippen molar-refractivity contribution < 1.29 is 0 Å². The standard InChI is InChI=1S/C47H31N3S/c1-47(2)38-18-10-8-16-34(38)44-41(47)36-24-23-33-37-27-32(31-21-20-28-12-6-7-15-30(28)26-31)22-25-40(37)50(43(33)45(36)51-44)46-48-39-19-11-9-17-35(39)42(49-46)29-13-4-3-5-14-29/h3-27H,1-2H3. The van der Waals surface area contributed by atoms with Crippen molar-refractivity contribution >= 4 is 64.9 Å². The summed E-state index contributed by atoms with van der Waals surface area (Å²) in [5.74, 6) is 0.687. The van der Waals surface area contributed by atoms with Gasteiger partial charge in [-0.2, -0.15) is 0 Å². The fraction of sp³-hybridized carbons (Fsp3) is 0.0638. The van der Waals surface area contributed by atoms with E-state index in [9.17, 15) is 0 Å². The highest BCUT2D eigenvalue weighted by molar-refractivity contribution is 7.23. The number of thiophene rings is 1. The smallest absolute Gasteiger partial charge is 0.235 e.